The summed E-state index contributed by atoms with van der Waals surface area (Å²) < 4.78 is -5.42. The van der Waals surface area contributed by atoms with Gasteiger partial charge in [-0.05, 0) is 61.3 Å². The highest BCUT2D eigenvalue weighted by atomic mass is 35.5. The molecule has 2 nitrogen and oxygen atoms in total. The predicted molar refractivity (Wildman–Crippen MR) is 108 cm³/mol. The minimum Gasteiger partial charge on any atom is -0.478 e. The molecule has 0 aromatic carbocycles. The molecule has 1 N–H and O–H groups in total. The molecule has 0 saturated carbocycles. The SMILES string of the molecule is O=C(O)C=CC1=C(C2=CCCCCC2)CCC(Cl)(Cl)C(Cl)(Cl)C1(Cl)Cl. The lowest BCUT2D eigenvalue weighted by molar-refractivity contribution is -0.131. The maximum absolute atomic E-state index is 11.0. The van der Waals surface area contributed by atoms with Crippen LogP contribution >= 0.6 is 69.6 Å². The maximum Gasteiger partial charge on any atom is 0.328 e. The second-order valence-electron chi connectivity index (χ2n) is 6.25. The van der Waals surface area contributed by atoms with Crippen LogP contribution in [0.2, 0.25) is 0 Å². The lowest BCUT2D eigenvalue weighted by Gasteiger charge is -2.40. The van der Waals surface area contributed by atoms with E-state index in [4.69, 9.17) is 74.7 Å². The molecule has 0 amide bonds. The highest BCUT2D eigenvalue weighted by molar-refractivity contribution is 6.70. The Kier molecular flexibility index (Phi) is 7.13. The van der Waals surface area contributed by atoms with Gasteiger partial charge in [0.1, 0.15) is 0 Å². The Bertz CT molecular complexity index is 631. The van der Waals surface area contributed by atoms with Gasteiger partial charge in [0.25, 0.3) is 0 Å². The van der Waals surface area contributed by atoms with E-state index in [1.807, 2.05) is 0 Å². The van der Waals surface area contributed by atoms with E-state index in [2.05, 4.69) is 6.08 Å². The fraction of sp³-hybridized carbons (Fsp3) is 0.588. The molecular formula is C17H18Cl6O2. The van der Waals surface area contributed by atoms with Crippen molar-refractivity contribution in [3.05, 3.63) is 34.9 Å². The highest BCUT2D eigenvalue weighted by Crippen LogP contribution is 2.62. The molecule has 0 aliphatic heterocycles. The van der Waals surface area contributed by atoms with E-state index in [0.717, 1.165) is 49.3 Å². The second-order valence-corrected chi connectivity index (χ2v) is 10.4. The minimum absolute atomic E-state index is 0.237. The van der Waals surface area contributed by atoms with Crippen LogP contribution in [0.5, 0.6) is 0 Å². The van der Waals surface area contributed by atoms with E-state index in [1.165, 1.54) is 6.08 Å². The van der Waals surface area contributed by atoms with Gasteiger partial charge in [-0.15, -0.1) is 0 Å². The summed E-state index contributed by atoms with van der Waals surface area (Å²) in [7, 11) is 0. The quantitative estimate of drug-likeness (QED) is 0.354. The van der Waals surface area contributed by atoms with Crippen molar-refractivity contribution < 1.29 is 9.90 Å². The number of carbonyl (C=O) groups is 1. The van der Waals surface area contributed by atoms with Crippen molar-refractivity contribution in [3.63, 3.8) is 0 Å². The number of hydrogen-bond acceptors (Lipinski definition) is 1. The lowest BCUT2D eigenvalue weighted by atomic mass is 9.92. The summed E-state index contributed by atoms with van der Waals surface area (Å²) in [6.45, 7) is 0. The molecule has 0 atom stereocenters. The number of alkyl halides is 6. The number of halogens is 6. The molecule has 0 aromatic rings. The minimum atomic E-state index is -1.93. The normalized spacial score (nSPS) is 26.1. The summed E-state index contributed by atoms with van der Waals surface area (Å²) in [5.74, 6) is -1.13. The van der Waals surface area contributed by atoms with Gasteiger partial charge < -0.3 is 5.11 Å². The monoisotopic (exact) mass is 464 g/mol. The molecule has 2 aliphatic rings. The zero-order valence-electron chi connectivity index (χ0n) is 13.3. The van der Waals surface area contributed by atoms with Crippen LogP contribution in [0.3, 0.4) is 0 Å². The van der Waals surface area contributed by atoms with Crippen molar-refractivity contribution in [1.29, 1.82) is 0 Å². The third-order valence-corrected chi connectivity index (χ3v) is 8.43. The van der Waals surface area contributed by atoms with Crippen LogP contribution in [0, 0.1) is 0 Å². The van der Waals surface area contributed by atoms with E-state index < -0.39 is 19.0 Å². The fourth-order valence-electron chi connectivity index (χ4n) is 3.14. The standard InChI is InChI=1S/C17H18Cl6O2/c18-15(19)10-9-12(11-5-3-1-2-4-6-11)13(7-8-14(24)25)16(20,21)17(15,22)23/h5,7-8H,1-4,6,9-10H2,(H,24,25). The highest BCUT2D eigenvalue weighted by Gasteiger charge is 2.63. The molecule has 0 spiro atoms. The molecule has 2 aliphatic carbocycles. The first kappa shape index (κ1) is 21.7. The summed E-state index contributed by atoms with van der Waals surface area (Å²) in [5.41, 5.74) is 2.22. The molecule has 8 heteroatoms. The Balaban J connectivity index is 2.66. The number of rotatable bonds is 3. The average molecular weight is 467 g/mol. The Morgan fingerprint density at radius 1 is 1.04 bits per heavy atom. The summed E-state index contributed by atoms with van der Waals surface area (Å²) in [4.78, 5) is 11.0. The Morgan fingerprint density at radius 2 is 1.72 bits per heavy atom. The Labute approximate surface area is 177 Å². The van der Waals surface area contributed by atoms with Gasteiger partial charge in [-0.2, -0.15) is 0 Å². The Hall–Kier alpha value is 0.430. The van der Waals surface area contributed by atoms with E-state index in [-0.39, 0.29) is 6.42 Å². The molecule has 140 valence electrons. The average Bonchev–Trinajstić information content (AvgIpc) is 2.79. The van der Waals surface area contributed by atoms with Crippen molar-refractivity contribution in [2.24, 2.45) is 0 Å². The van der Waals surface area contributed by atoms with Crippen LogP contribution in [0.15, 0.2) is 34.9 Å². The molecule has 2 rings (SSSR count). The second kappa shape index (κ2) is 8.20. The summed E-state index contributed by atoms with van der Waals surface area (Å²) in [6.07, 6.45) is 10.2. The molecule has 0 aromatic heterocycles. The summed E-state index contributed by atoms with van der Waals surface area (Å²) in [6, 6.07) is 0. The summed E-state index contributed by atoms with van der Waals surface area (Å²) in [5, 5.41) is 9.03. The maximum atomic E-state index is 11.0. The van der Waals surface area contributed by atoms with Crippen LogP contribution in [-0.4, -0.2) is 24.1 Å². The molecule has 0 bridgehead atoms. The topological polar surface area (TPSA) is 37.3 Å². The lowest BCUT2D eigenvalue weighted by Crippen LogP contribution is -2.49. The van der Waals surface area contributed by atoms with Gasteiger partial charge in [-0.3, -0.25) is 0 Å². The number of carboxylic acid groups (broad SMARTS) is 1. The third-order valence-electron chi connectivity index (χ3n) is 4.53. The first-order valence-corrected chi connectivity index (χ1v) is 10.2. The number of hydrogen-bond donors (Lipinski definition) is 1. The zero-order chi connectivity index (χ0) is 18.9. The smallest absolute Gasteiger partial charge is 0.328 e. The van der Waals surface area contributed by atoms with Crippen LogP contribution in [-0.2, 0) is 4.79 Å². The van der Waals surface area contributed by atoms with Gasteiger partial charge in [-0.1, -0.05) is 82.1 Å². The van der Waals surface area contributed by atoms with E-state index in [0.29, 0.717) is 12.0 Å². The van der Waals surface area contributed by atoms with Crippen molar-refractivity contribution >= 4 is 75.6 Å². The van der Waals surface area contributed by atoms with Crippen LogP contribution < -0.4 is 0 Å². The van der Waals surface area contributed by atoms with Gasteiger partial charge in [-0.25, -0.2) is 4.79 Å². The largest absolute Gasteiger partial charge is 0.478 e. The molecule has 25 heavy (non-hydrogen) atoms. The zero-order valence-corrected chi connectivity index (χ0v) is 17.8. The number of carboxylic acids is 1. The van der Waals surface area contributed by atoms with Crippen LogP contribution in [0.25, 0.3) is 0 Å². The predicted octanol–water partition coefficient (Wildman–Crippen LogP) is 7.13. The number of allylic oxidation sites excluding steroid dienone is 5. The molecule has 0 fully saturated rings. The van der Waals surface area contributed by atoms with E-state index in [9.17, 15) is 4.79 Å². The molecular weight excluding hydrogens is 449 g/mol. The van der Waals surface area contributed by atoms with Gasteiger partial charge >= 0.3 is 5.97 Å². The molecule has 0 radical (unpaired) electrons. The molecule has 0 heterocycles. The van der Waals surface area contributed by atoms with Crippen molar-refractivity contribution in [1.82, 2.24) is 0 Å². The van der Waals surface area contributed by atoms with Crippen LogP contribution in [0.4, 0.5) is 0 Å². The number of aliphatic carboxylic acids is 1. The van der Waals surface area contributed by atoms with Crippen molar-refractivity contribution in [2.75, 3.05) is 0 Å². The van der Waals surface area contributed by atoms with Gasteiger partial charge in [0.05, 0.1) is 0 Å². The first-order chi connectivity index (χ1) is 11.5. The van der Waals surface area contributed by atoms with Crippen molar-refractivity contribution in [3.8, 4) is 0 Å². The van der Waals surface area contributed by atoms with Gasteiger partial charge in [0.2, 0.25) is 0 Å². The van der Waals surface area contributed by atoms with Crippen molar-refractivity contribution in [2.45, 2.75) is 57.9 Å². The van der Waals surface area contributed by atoms with Crippen LogP contribution in [0.1, 0.15) is 44.9 Å². The fourth-order valence-corrected chi connectivity index (χ4v) is 4.88. The van der Waals surface area contributed by atoms with E-state index in [1.54, 1.807) is 0 Å². The molecule has 0 saturated heterocycles. The Morgan fingerprint density at radius 3 is 2.36 bits per heavy atom. The first-order valence-electron chi connectivity index (χ1n) is 7.98. The van der Waals surface area contributed by atoms with E-state index >= 15 is 0 Å². The van der Waals surface area contributed by atoms with Gasteiger partial charge in [0, 0.05) is 6.08 Å². The third kappa shape index (κ3) is 4.47. The summed E-state index contributed by atoms with van der Waals surface area (Å²) >= 11 is 38.7. The van der Waals surface area contributed by atoms with Gasteiger partial charge in [0.15, 0.2) is 13.0 Å². The molecule has 0 unspecified atom stereocenters.